The number of benzene rings is 2. The summed E-state index contributed by atoms with van der Waals surface area (Å²) in [5, 5.41) is 0. The minimum Gasteiger partial charge on any atom is -0.466 e. The molecule has 2 nitrogen and oxygen atoms in total. The van der Waals surface area contributed by atoms with Crippen LogP contribution >= 0.6 is 0 Å². The molecule has 0 aromatic heterocycles. The average Bonchev–Trinajstić information content (AvgIpc) is 3.24. The molecule has 0 heterocycles. The van der Waals surface area contributed by atoms with Crippen LogP contribution in [0.15, 0.2) is 54.6 Å². The van der Waals surface area contributed by atoms with Gasteiger partial charge in [-0.15, -0.1) is 0 Å². The van der Waals surface area contributed by atoms with Gasteiger partial charge in [0.25, 0.3) is 0 Å². The third-order valence-electron chi connectivity index (χ3n) is 4.31. The van der Waals surface area contributed by atoms with Crippen LogP contribution in [0.3, 0.4) is 0 Å². The van der Waals surface area contributed by atoms with Crippen LogP contribution in [-0.2, 0) is 9.53 Å². The maximum atomic E-state index is 12.3. The second kappa shape index (κ2) is 5.72. The Balaban J connectivity index is 1.94. The van der Waals surface area contributed by atoms with Crippen molar-refractivity contribution in [2.24, 2.45) is 5.92 Å². The fourth-order valence-electron chi connectivity index (χ4n) is 3.28. The molecule has 0 radical (unpaired) electrons. The van der Waals surface area contributed by atoms with E-state index < -0.39 is 0 Å². The molecule has 0 bridgehead atoms. The molecule has 0 spiro atoms. The minimum atomic E-state index is -0.0698. The summed E-state index contributed by atoms with van der Waals surface area (Å²) in [6.45, 7) is 4.41. The second-order valence-corrected chi connectivity index (χ2v) is 5.60. The lowest BCUT2D eigenvalue weighted by atomic mass is 10.0. The van der Waals surface area contributed by atoms with Crippen molar-refractivity contribution < 1.29 is 9.53 Å². The van der Waals surface area contributed by atoms with Crippen molar-refractivity contribution in [3.8, 4) is 0 Å². The van der Waals surface area contributed by atoms with Crippen molar-refractivity contribution in [3.63, 3.8) is 0 Å². The van der Waals surface area contributed by atoms with E-state index in [1.807, 2.05) is 37.3 Å². The van der Waals surface area contributed by atoms with Crippen molar-refractivity contribution >= 4 is 5.97 Å². The third kappa shape index (κ3) is 2.58. The zero-order chi connectivity index (χ0) is 14.8. The van der Waals surface area contributed by atoms with E-state index in [9.17, 15) is 4.79 Å². The Hall–Kier alpha value is -2.09. The van der Waals surface area contributed by atoms with Crippen LogP contribution in [0.25, 0.3) is 0 Å². The first kappa shape index (κ1) is 13.9. The zero-order valence-electron chi connectivity index (χ0n) is 12.5. The highest BCUT2D eigenvalue weighted by Crippen LogP contribution is 2.61. The van der Waals surface area contributed by atoms with Gasteiger partial charge in [-0.2, -0.15) is 0 Å². The number of hydrogen-bond acceptors (Lipinski definition) is 2. The summed E-state index contributed by atoms with van der Waals surface area (Å²) >= 11 is 0. The topological polar surface area (TPSA) is 26.3 Å². The Morgan fingerprint density at radius 3 is 2.33 bits per heavy atom. The third-order valence-corrected chi connectivity index (χ3v) is 4.31. The normalized spacial score (nSPS) is 23.6. The Morgan fingerprint density at radius 1 is 1.00 bits per heavy atom. The number of hydrogen-bond donors (Lipinski definition) is 0. The molecule has 0 amide bonds. The molecule has 2 aromatic rings. The van der Waals surface area contributed by atoms with E-state index in [1.54, 1.807) is 0 Å². The second-order valence-electron chi connectivity index (χ2n) is 5.60. The van der Waals surface area contributed by atoms with Crippen LogP contribution in [-0.4, -0.2) is 12.6 Å². The summed E-state index contributed by atoms with van der Waals surface area (Å²) < 4.78 is 5.27. The van der Waals surface area contributed by atoms with Crippen molar-refractivity contribution in [2.45, 2.75) is 25.7 Å². The van der Waals surface area contributed by atoms with Crippen molar-refractivity contribution in [1.29, 1.82) is 0 Å². The molecule has 0 aliphatic heterocycles. The van der Waals surface area contributed by atoms with E-state index in [1.165, 1.54) is 16.7 Å². The Kier molecular flexibility index (Phi) is 3.78. The number of esters is 1. The van der Waals surface area contributed by atoms with Gasteiger partial charge in [0.1, 0.15) is 0 Å². The Bertz CT molecular complexity index is 633. The molecule has 0 unspecified atom stereocenters. The first-order valence-corrected chi connectivity index (χ1v) is 7.51. The standard InChI is InChI=1S/C19H20O2/c1-3-21-19(20)18-16(14-10-5-4-6-11-14)17(18)15-12-8-7-9-13(15)2/h4-12,16-18H,3H2,1-2H3/t16-,17-,18-/m1/s1. The molecule has 0 saturated heterocycles. The van der Waals surface area contributed by atoms with Gasteiger partial charge in [0.05, 0.1) is 12.5 Å². The maximum Gasteiger partial charge on any atom is 0.310 e. The molecule has 3 atom stereocenters. The van der Waals surface area contributed by atoms with Gasteiger partial charge in [-0.3, -0.25) is 4.79 Å². The average molecular weight is 280 g/mol. The predicted octanol–water partition coefficient (Wildman–Crippen LogP) is 4.06. The highest BCUT2D eigenvalue weighted by Gasteiger charge is 2.57. The van der Waals surface area contributed by atoms with Crippen LogP contribution in [0.1, 0.15) is 35.4 Å². The molecular weight excluding hydrogens is 260 g/mol. The Morgan fingerprint density at radius 2 is 1.67 bits per heavy atom. The van der Waals surface area contributed by atoms with Gasteiger partial charge in [-0.05, 0) is 30.5 Å². The molecule has 1 saturated carbocycles. The Labute approximate surface area is 125 Å². The molecule has 1 fully saturated rings. The van der Waals surface area contributed by atoms with E-state index in [2.05, 4.69) is 31.2 Å². The number of ether oxygens (including phenoxy) is 1. The van der Waals surface area contributed by atoms with E-state index >= 15 is 0 Å². The molecule has 1 aliphatic rings. The zero-order valence-corrected chi connectivity index (χ0v) is 12.5. The fraction of sp³-hybridized carbons (Fsp3) is 0.316. The van der Waals surface area contributed by atoms with E-state index in [0.29, 0.717) is 6.61 Å². The lowest BCUT2D eigenvalue weighted by molar-refractivity contribution is -0.144. The number of carbonyl (C=O) groups excluding carboxylic acids is 1. The summed E-state index contributed by atoms with van der Waals surface area (Å²) in [5.74, 6) is 0.368. The van der Waals surface area contributed by atoms with Gasteiger partial charge in [0.15, 0.2) is 0 Å². The summed E-state index contributed by atoms with van der Waals surface area (Å²) in [6, 6.07) is 18.6. The van der Waals surface area contributed by atoms with E-state index in [-0.39, 0.29) is 23.7 Å². The molecule has 3 rings (SSSR count). The van der Waals surface area contributed by atoms with Gasteiger partial charge in [0.2, 0.25) is 0 Å². The monoisotopic (exact) mass is 280 g/mol. The molecule has 2 heteroatoms. The number of carbonyl (C=O) groups is 1. The van der Waals surface area contributed by atoms with Gasteiger partial charge in [-0.25, -0.2) is 0 Å². The van der Waals surface area contributed by atoms with Crippen molar-refractivity contribution in [2.75, 3.05) is 6.61 Å². The van der Waals surface area contributed by atoms with Crippen molar-refractivity contribution in [1.82, 2.24) is 0 Å². The van der Waals surface area contributed by atoms with Gasteiger partial charge in [0, 0.05) is 11.8 Å². The summed E-state index contributed by atoms with van der Waals surface area (Å²) in [6.07, 6.45) is 0. The largest absolute Gasteiger partial charge is 0.466 e. The maximum absolute atomic E-state index is 12.3. The summed E-state index contributed by atoms with van der Waals surface area (Å²) in [5.41, 5.74) is 3.74. The first-order chi connectivity index (χ1) is 10.2. The smallest absolute Gasteiger partial charge is 0.310 e. The van der Waals surface area contributed by atoms with E-state index in [4.69, 9.17) is 4.74 Å². The van der Waals surface area contributed by atoms with Crippen LogP contribution in [0.5, 0.6) is 0 Å². The lowest BCUT2D eigenvalue weighted by Crippen LogP contribution is -2.08. The van der Waals surface area contributed by atoms with E-state index in [0.717, 1.165) is 0 Å². The molecule has 2 aromatic carbocycles. The number of rotatable bonds is 4. The highest BCUT2D eigenvalue weighted by atomic mass is 16.5. The highest BCUT2D eigenvalue weighted by molar-refractivity contribution is 5.80. The quantitative estimate of drug-likeness (QED) is 0.790. The van der Waals surface area contributed by atoms with Crippen LogP contribution in [0, 0.1) is 12.8 Å². The molecular formula is C19H20O2. The summed E-state index contributed by atoms with van der Waals surface area (Å²) in [4.78, 5) is 12.3. The molecule has 1 aliphatic carbocycles. The lowest BCUT2D eigenvalue weighted by Gasteiger charge is -2.05. The number of aryl methyl sites for hydroxylation is 1. The molecule has 21 heavy (non-hydrogen) atoms. The first-order valence-electron chi connectivity index (χ1n) is 7.51. The fourth-order valence-corrected chi connectivity index (χ4v) is 3.28. The van der Waals surface area contributed by atoms with Gasteiger partial charge < -0.3 is 4.74 Å². The van der Waals surface area contributed by atoms with Gasteiger partial charge >= 0.3 is 5.97 Å². The van der Waals surface area contributed by atoms with Crippen LogP contribution < -0.4 is 0 Å². The SMILES string of the molecule is CCOC(=O)[C@@H]1[C@H](c2ccccc2)[C@H]1c1ccccc1C. The van der Waals surface area contributed by atoms with Crippen molar-refractivity contribution in [3.05, 3.63) is 71.3 Å². The van der Waals surface area contributed by atoms with Crippen LogP contribution in [0.4, 0.5) is 0 Å². The van der Waals surface area contributed by atoms with Gasteiger partial charge in [-0.1, -0.05) is 54.6 Å². The molecule has 108 valence electrons. The predicted molar refractivity (Wildman–Crippen MR) is 83.2 cm³/mol. The van der Waals surface area contributed by atoms with Crippen LogP contribution in [0.2, 0.25) is 0 Å². The molecule has 0 N–H and O–H groups in total. The minimum absolute atomic E-state index is 0.0477. The summed E-state index contributed by atoms with van der Waals surface area (Å²) in [7, 11) is 0.